The number of cyclic esters (lactones) is 1. The summed E-state index contributed by atoms with van der Waals surface area (Å²) in [6, 6.07) is 5.28. The fourth-order valence-corrected chi connectivity index (χ4v) is 1.84. The molecule has 96 valence electrons. The van der Waals surface area contributed by atoms with E-state index in [1.54, 1.807) is 12.1 Å². The van der Waals surface area contributed by atoms with Gasteiger partial charge in [-0.15, -0.1) is 0 Å². The van der Waals surface area contributed by atoms with Crippen molar-refractivity contribution in [3.63, 3.8) is 0 Å². The standard InChI is InChI=1S/C14H16O4/c1-14(2,3)18-12(15)7-9-4-5-11-10(6-9)8-17-13(11)16/h4-6H,7-8H2,1-3H3. The van der Waals surface area contributed by atoms with Crippen LogP contribution in [0.25, 0.3) is 0 Å². The van der Waals surface area contributed by atoms with Gasteiger partial charge in [-0.25, -0.2) is 4.79 Å². The molecule has 1 aliphatic rings. The summed E-state index contributed by atoms with van der Waals surface area (Å²) in [7, 11) is 0. The first-order valence-corrected chi connectivity index (χ1v) is 5.86. The minimum Gasteiger partial charge on any atom is -0.460 e. The van der Waals surface area contributed by atoms with Crippen molar-refractivity contribution in [3.8, 4) is 0 Å². The van der Waals surface area contributed by atoms with E-state index in [1.807, 2.05) is 26.8 Å². The molecule has 0 saturated heterocycles. The van der Waals surface area contributed by atoms with Crippen LogP contribution in [-0.2, 0) is 27.3 Å². The lowest BCUT2D eigenvalue weighted by Crippen LogP contribution is -2.24. The van der Waals surface area contributed by atoms with Gasteiger partial charge < -0.3 is 9.47 Å². The highest BCUT2D eigenvalue weighted by Gasteiger charge is 2.22. The average Bonchev–Trinajstić information content (AvgIpc) is 2.57. The maximum atomic E-state index is 11.7. The van der Waals surface area contributed by atoms with E-state index in [4.69, 9.17) is 9.47 Å². The van der Waals surface area contributed by atoms with Crippen molar-refractivity contribution in [2.24, 2.45) is 0 Å². The summed E-state index contributed by atoms with van der Waals surface area (Å²) >= 11 is 0. The van der Waals surface area contributed by atoms with Gasteiger partial charge in [-0.1, -0.05) is 12.1 Å². The molecule has 0 unspecified atom stereocenters. The van der Waals surface area contributed by atoms with Crippen LogP contribution in [0, 0.1) is 0 Å². The minimum atomic E-state index is -0.479. The molecule has 4 nitrogen and oxygen atoms in total. The number of rotatable bonds is 2. The predicted molar refractivity (Wildman–Crippen MR) is 65.1 cm³/mol. The summed E-state index contributed by atoms with van der Waals surface area (Å²) in [4.78, 5) is 22.9. The molecule has 0 spiro atoms. The van der Waals surface area contributed by atoms with Gasteiger partial charge >= 0.3 is 11.9 Å². The topological polar surface area (TPSA) is 52.6 Å². The van der Waals surface area contributed by atoms with E-state index < -0.39 is 5.60 Å². The number of benzene rings is 1. The van der Waals surface area contributed by atoms with Gasteiger partial charge in [0, 0.05) is 5.56 Å². The predicted octanol–water partition coefficient (Wildman–Crippen LogP) is 2.24. The third-order valence-corrected chi connectivity index (χ3v) is 2.52. The highest BCUT2D eigenvalue weighted by molar-refractivity contribution is 5.93. The van der Waals surface area contributed by atoms with Gasteiger partial charge in [-0.05, 0) is 32.4 Å². The van der Waals surface area contributed by atoms with Crippen molar-refractivity contribution in [2.75, 3.05) is 0 Å². The Kier molecular flexibility index (Phi) is 3.11. The Hall–Kier alpha value is -1.84. The second-order valence-corrected chi connectivity index (χ2v) is 5.33. The lowest BCUT2D eigenvalue weighted by Gasteiger charge is -2.19. The summed E-state index contributed by atoms with van der Waals surface area (Å²) in [5.74, 6) is -0.568. The van der Waals surface area contributed by atoms with E-state index in [2.05, 4.69) is 0 Å². The Morgan fingerprint density at radius 1 is 1.39 bits per heavy atom. The number of carbonyl (C=O) groups is 2. The highest BCUT2D eigenvalue weighted by atomic mass is 16.6. The Morgan fingerprint density at radius 3 is 2.78 bits per heavy atom. The second-order valence-electron chi connectivity index (χ2n) is 5.33. The molecule has 2 rings (SSSR count). The zero-order valence-corrected chi connectivity index (χ0v) is 10.8. The van der Waals surface area contributed by atoms with Gasteiger partial charge in [0.15, 0.2) is 0 Å². The molecule has 0 aromatic heterocycles. The maximum absolute atomic E-state index is 11.7. The van der Waals surface area contributed by atoms with E-state index in [1.165, 1.54) is 0 Å². The molecular weight excluding hydrogens is 232 g/mol. The molecule has 1 aromatic carbocycles. The van der Waals surface area contributed by atoms with Crippen molar-refractivity contribution < 1.29 is 19.1 Å². The van der Waals surface area contributed by atoms with Crippen LogP contribution in [0.4, 0.5) is 0 Å². The summed E-state index contributed by atoms with van der Waals surface area (Å²) < 4.78 is 10.2. The van der Waals surface area contributed by atoms with Gasteiger partial charge in [0.2, 0.25) is 0 Å². The lowest BCUT2D eigenvalue weighted by atomic mass is 10.0. The van der Waals surface area contributed by atoms with Crippen molar-refractivity contribution >= 4 is 11.9 Å². The Bertz CT molecular complexity index is 497. The van der Waals surface area contributed by atoms with Gasteiger partial charge in [0.1, 0.15) is 12.2 Å². The molecule has 0 N–H and O–H groups in total. The number of fused-ring (bicyclic) bond motifs is 1. The zero-order valence-electron chi connectivity index (χ0n) is 10.8. The van der Waals surface area contributed by atoms with Crippen LogP contribution >= 0.6 is 0 Å². The number of hydrogen-bond acceptors (Lipinski definition) is 4. The third kappa shape index (κ3) is 2.88. The van der Waals surface area contributed by atoms with E-state index in [-0.39, 0.29) is 25.0 Å². The van der Waals surface area contributed by atoms with Gasteiger partial charge in [0.25, 0.3) is 0 Å². The summed E-state index contributed by atoms with van der Waals surface area (Å²) in [5.41, 5.74) is 1.78. The smallest absolute Gasteiger partial charge is 0.338 e. The number of esters is 2. The van der Waals surface area contributed by atoms with E-state index in [9.17, 15) is 9.59 Å². The van der Waals surface area contributed by atoms with Crippen molar-refractivity contribution in [3.05, 3.63) is 34.9 Å². The average molecular weight is 248 g/mol. The summed E-state index contributed by atoms with van der Waals surface area (Å²) in [6.07, 6.45) is 0.207. The molecule has 1 heterocycles. The number of hydrogen-bond donors (Lipinski definition) is 0. The minimum absolute atomic E-state index is 0.207. The van der Waals surface area contributed by atoms with Crippen LogP contribution < -0.4 is 0 Å². The largest absolute Gasteiger partial charge is 0.460 e. The van der Waals surface area contributed by atoms with Crippen LogP contribution in [0.3, 0.4) is 0 Å². The highest BCUT2D eigenvalue weighted by Crippen LogP contribution is 2.21. The normalized spacial score (nSPS) is 14.1. The van der Waals surface area contributed by atoms with Gasteiger partial charge in [0.05, 0.1) is 12.0 Å². The molecule has 0 fully saturated rings. The molecular formula is C14H16O4. The monoisotopic (exact) mass is 248 g/mol. The quantitative estimate of drug-likeness (QED) is 0.753. The van der Waals surface area contributed by atoms with Crippen LogP contribution in [0.2, 0.25) is 0 Å². The van der Waals surface area contributed by atoms with E-state index in [0.29, 0.717) is 5.56 Å². The maximum Gasteiger partial charge on any atom is 0.338 e. The molecule has 4 heteroatoms. The molecule has 0 saturated carbocycles. The Labute approximate surface area is 106 Å². The fourth-order valence-electron chi connectivity index (χ4n) is 1.84. The zero-order chi connectivity index (χ0) is 13.3. The third-order valence-electron chi connectivity index (χ3n) is 2.52. The number of carbonyl (C=O) groups excluding carboxylic acids is 2. The van der Waals surface area contributed by atoms with E-state index >= 15 is 0 Å². The first-order chi connectivity index (χ1) is 8.35. The number of ether oxygens (including phenoxy) is 2. The molecule has 1 aliphatic heterocycles. The molecule has 1 aromatic rings. The van der Waals surface area contributed by atoms with Crippen molar-refractivity contribution in [2.45, 2.75) is 39.4 Å². The molecule has 0 aliphatic carbocycles. The Morgan fingerprint density at radius 2 is 2.11 bits per heavy atom. The van der Waals surface area contributed by atoms with Crippen molar-refractivity contribution in [1.29, 1.82) is 0 Å². The van der Waals surface area contributed by atoms with Gasteiger partial charge in [-0.2, -0.15) is 0 Å². The molecule has 0 radical (unpaired) electrons. The summed E-state index contributed by atoms with van der Waals surface area (Å²) in [5, 5.41) is 0. The van der Waals surface area contributed by atoms with Gasteiger partial charge in [-0.3, -0.25) is 4.79 Å². The van der Waals surface area contributed by atoms with Crippen LogP contribution in [0.1, 0.15) is 42.3 Å². The molecule has 0 bridgehead atoms. The SMILES string of the molecule is CC(C)(C)OC(=O)Cc1ccc2c(c1)COC2=O. The lowest BCUT2D eigenvalue weighted by molar-refractivity contribution is -0.153. The Balaban J connectivity index is 2.08. The van der Waals surface area contributed by atoms with Crippen LogP contribution in [0.15, 0.2) is 18.2 Å². The van der Waals surface area contributed by atoms with E-state index in [0.717, 1.165) is 11.1 Å². The summed E-state index contributed by atoms with van der Waals surface area (Å²) in [6.45, 7) is 5.79. The molecule has 0 atom stereocenters. The second kappa shape index (κ2) is 4.44. The first-order valence-electron chi connectivity index (χ1n) is 5.86. The fraction of sp³-hybridized carbons (Fsp3) is 0.429. The first kappa shape index (κ1) is 12.6. The van der Waals surface area contributed by atoms with Crippen molar-refractivity contribution in [1.82, 2.24) is 0 Å². The van der Waals surface area contributed by atoms with Crippen LogP contribution in [0.5, 0.6) is 0 Å². The van der Waals surface area contributed by atoms with Crippen LogP contribution in [-0.4, -0.2) is 17.5 Å². The molecule has 0 amide bonds. The molecule has 18 heavy (non-hydrogen) atoms.